The highest BCUT2D eigenvalue weighted by molar-refractivity contribution is 5.94. The van der Waals surface area contributed by atoms with Crippen LogP contribution in [0.25, 0.3) is 22.3 Å². The summed E-state index contributed by atoms with van der Waals surface area (Å²) in [5.41, 5.74) is 2.60. The van der Waals surface area contributed by atoms with Gasteiger partial charge in [0.25, 0.3) is 5.56 Å². The SMILES string of the molecule is CCC1(O)C(=O)OCc2c1cc1n(c2=O)Cc2c-1nc1cc(F)c(C)c3c1c2C(NC(=O)CNC(C)C)CC3. The van der Waals surface area contributed by atoms with Gasteiger partial charge in [-0.3, -0.25) is 9.59 Å². The number of nitrogens with zero attached hydrogens (tertiary/aromatic N) is 2. The Kier molecular flexibility index (Phi) is 5.89. The Morgan fingerprint density at radius 1 is 1.28 bits per heavy atom. The number of rotatable bonds is 5. The summed E-state index contributed by atoms with van der Waals surface area (Å²) >= 11 is 0. The first-order valence-electron chi connectivity index (χ1n) is 13.4. The third-order valence-corrected chi connectivity index (χ3v) is 8.38. The minimum Gasteiger partial charge on any atom is -0.458 e. The second kappa shape index (κ2) is 8.96. The average Bonchev–Trinajstić information content (AvgIpc) is 3.27. The van der Waals surface area contributed by atoms with E-state index in [9.17, 15) is 19.5 Å². The van der Waals surface area contributed by atoms with E-state index in [4.69, 9.17) is 9.72 Å². The predicted molar refractivity (Wildman–Crippen MR) is 142 cm³/mol. The molecule has 10 heteroatoms. The number of carbonyl (C=O) groups is 2. The van der Waals surface area contributed by atoms with Gasteiger partial charge in [-0.1, -0.05) is 20.8 Å². The molecule has 3 aromatic rings. The number of hydrogen-bond donors (Lipinski definition) is 3. The molecule has 2 aliphatic heterocycles. The zero-order chi connectivity index (χ0) is 27.8. The molecular formula is C29H31FN4O5. The number of carbonyl (C=O) groups excluding carboxylic acids is 2. The zero-order valence-electron chi connectivity index (χ0n) is 22.4. The van der Waals surface area contributed by atoms with Crippen molar-refractivity contribution in [2.24, 2.45) is 0 Å². The first-order chi connectivity index (χ1) is 18.5. The number of amides is 1. The van der Waals surface area contributed by atoms with Crippen molar-refractivity contribution in [3.05, 3.63) is 61.7 Å². The fourth-order valence-electron chi connectivity index (χ4n) is 6.24. The molecule has 2 unspecified atom stereocenters. The average molecular weight is 535 g/mol. The molecule has 4 heterocycles. The maximum absolute atomic E-state index is 15.0. The number of ether oxygens (including phenoxy) is 1. The summed E-state index contributed by atoms with van der Waals surface area (Å²) in [6, 6.07) is 2.85. The van der Waals surface area contributed by atoms with Crippen LogP contribution in [0.2, 0.25) is 0 Å². The number of aliphatic hydroxyl groups is 1. The molecule has 0 bridgehead atoms. The number of nitrogens with one attached hydrogen (secondary N) is 2. The molecular weight excluding hydrogens is 503 g/mol. The molecule has 204 valence electrons. The van der Waals surface area contributed by atoms with Gasteiger partial charge in [-0.2, -0.15) is 0 Å². The van der Waals surface area contributed by atoms with Crippen LogP contribution in [0.1, 0.15) is 73.0 Å². The van der Waals surface area contributed by atoms with E-state index in [1.54, 1.807) is 24.5 Å². The van der Waals surface area contributed by atoms with Gasteiger partial charge in [0.2, 0.25) is 5.91 Å². The Morgan fingerprint density at radius 3 is 2.77 bits per heavy atom. The van der Waals surface area contributed by atoms with Crippen molar-refractivity contribution in [1.82, 2.24) is 20.2 Å². The number of aromatic nitrogens is 2. The lowest BCUT2D eigenvalue weighted by Gasteiger charge is -2.31. The third-order valence-electron chi connectivity index (χ3n) is 8.38. The van der Waals surface area contributed by atoms with Crippen LogP contribution in [0.5, 0.6) is 0 Å². The Bertz CT molecular complexity index is 1650. The van der Waals surface area contributed by atoms with Crippen LogP contribution < -0.4 is 16.2 Å². The second-order valence-electron chi connectivity index (χ2n) is 11.0. The van der Waals surface area contributed by atoms with E-state index in [-0.39, 0.29) is 66.6 Å². The van der Waals surface area contributed by atoms with E-state index < -0.39 is 11.6 Å². The highest BCUT2D eigenvalue weighted by Gasteiger charge is 2.46. The Hall–Kier alpha value is -3.63. The van der Waals surface area contributed by atoms with Crippen molar-refractivity contribution in [3.63, 3.8) is 0 Å². The molecule has 2 aromatic heterocycles. The number of fused-ring (bicyclic) bond motifs is 5. The van der Waals surface area contributed by atoms with Gasteiger partial charge >= 0.3 is 5.97 Å². The summed E-state index contributed by atoms with van der Waals surface area (Å²) in [6.07, 6.45) is 1.20. The van der Waals surface area contributed by atoms with Gasteiger partial charge < -0.3 is 25.0 Å². The Morgan fingerprint density at radius 2 is 2.05 bits per heavy atom. The quantitative estimate of drug-likeness (QED) is 0.337. The van der Waals surface area contributed by atoms with Gasteiger partial charge in [0.15, 0.2) is 5.60 Å². The standard InChI is InChI=1S/C29H31FN4O5/c1-5-29(38)18-8-22-26-16(11-34(22)27(36)17(18)12-39-28(29)37)25-20(32-23(35)10-31-13(2)3)7-6-15-14(4)19(30)9-21(33-26)24(15)25/h8-9,13,20,31,38H,5-7,10-12H2,1-4H3,(H,32,35). The summed E-state index contributed by atoms with van der Waals surface area (Å²) in [6.45, 7) is 7.49. The van der Waals surface area contributed by atoms with Crippen LogP contribution in [-0.2, 0) is 39.5 Å². The number of benzene rings is 1. The van der Waals surface area contributed by atoms with Crippen LogP contribution >= 0.6 is 0 Å². The third kappa shape index (κ3) is 3.72. The molecule has 0 radical (unpaired) electrons. The maximum atomic E-state index is 15.0. The lowest BCUT2D eigenvalue weighted by atomic mass is 9.81. The van der Waals surface area contributed by atoms with E-state index >= 15 is 4.39 Å². The Labute approximate surface area is 224 Å². The monoisotopic (exact) mass is 534 g/mol. The first-order valence-corrected chi connectivity index (χ1v) is 13.4. The van der Waals surface area contributed by atoms with Gasteiger partial charge in [-0.15, -0.1) is 0 Å². The summed E-state index contributed by atoms with van der Waals surface area (Å²) < 4.78 is 21.7. The van der Waals surface area contributed by atoms with E-state index in [0.717, 1.165) is 22.1 Å². The van der Waals surface area contributed by atoms with Gasteiger partial charge in [-0.25, -0.2) is 14.2 Å². The molecule has 3 aliphatic rings. The normalized spacial score (nSPS) is 21.0. The molecule has 6 rings (SSSR count). The number of hydrogen-bond acceptors (Lipinski definition) is 7. The van der Waals surface area contributed by atoms with E-state index in [1.807, 2.05) is 13.8 Å². The highest BCUT2D eigenvalue weighted by Crippen LogP contribution is 2.45. The van der Waals surface area contributed by atoms with Crippen LogP contribution in [0.3, 0.4) is 0 Å². The van der Waals surface area contributed by atoms with E-state index in [1.165, 1.54) is 6.07 Å². The number of pyridine rings is 2. The van der Waals surface area contributed by atoms with E-state index in [2.05, 4.69) is 10.6 Å². The summed E-state index contributed by atoms with van der Waals surface area (Å²) in [7, 11) is 0. The number of halogens is 1. The van der Waals surface area contributed by atoms with Crippen LogP contribution in [0.15, 0.2) is 16.9 Å². The van der Waals surface area contributed by atoms with Crippen molar-refractivity contribution < 1.29 is 23.8 Å². The smallest absolute Gasteiger partial charge is 0.343 e. The van der Waals surface area contributed by atoms with Gasteiger partial charge in [0.1, 0.15) is 12.4 Å². The summed E-state index contributed by atoms with van der Waals surface area (Å²) in [4.78, 5) is 43.9. The number of esters is 1. The molecule has 0 saturated carbocycles. The zero-order valence-corrected chi connectivity index (χ0v) is 22.4. The molecule has 39 heavy (non-hydrogen) atoms. The summed E-state index contributed by atoms with van der Waals surface area (Å²) in [5.74, 6) is -1.30. The van der Waals surface area contributed by atoms with Crippen molar-refractivity contribution in [2.75, 3.05) is 6.54 Å². The number of cyclic esters (lactones) is 1. The lowest BCUT2D eigenvalue weighted by Crippen LogP contribution is -2.44. The largest absolute Gasteiger partial charge is 0.458 e. The fourth-order valence-corrected chi connectivity index (χ4v) is 6.24. The van der Waals surface area contributed by atoms with Gasteiger partial charge in [-0.05, 0) is 48.9 Å². The molecule has 0 spiro atoms. The van der Waals surface area contributed by atoms with Crippen LogP contribution in [0, 0.1) is 12.7 Å². The van der Waals surface area contributed by atoms with Crippen molar-refractivity contribution in [3.8, 4) is 11.4 Å². The molecule has 0 saturated heterocycles. The van der Waals surface area contributed by atoms with Crippen LogP contribution in [-0.4, -0.2) is 39.1 Å². The molecule has 9 nitrogen and oxygen atoms in total. The first kappa shape index (κ1) is 25.6. The summed E-state index contributed by atoms with van der Waals surface area (Å²) in [5, 5.41) is 18.3. The predicted octanol–water partition coefficient (Wildman–Crippen LogP) is 2.63. The molecule has 0 fully saturated rings. The van der Waals surface area contributed by atoms with Gasteiger partial charge in [0, 0.05) is 28.6 Å². The molecule has 2 atom stereocenters. The molecule has 1 amide bonds. The van der Waals surface area contributed by atoms with Gasteiger partial charge in [0.05, 0.1) is 41.6 Å². The highest BCUT2D eigenvalue weighted by atomic mass is 19.1. The minimum absolute atomic E-state index is 0.0390. The second-order valence-corrected chi connectivity index (χ2v) is 11.0. The van der Waals surface area contributed by atoms with Crippen molar-refractivity contribution in [2.45, 2.75) is 77.8 Å². The van der Waals surface area contributed by atoms with Crippen molar-refractivity contribution in [1.29, 1.82) is 0 Å². The Balaban J connectivity index is 1.57. The maximum Gasteiger partial charge on any atom is 0.343 e. The fraction of sp³-hybridized carbons (Fsp3) is 0.448. The van der Waals surface area contributed by atoms with Crippen molar-refractivity contribution >= 4 is 22.8 Å². The lowest BCUT2D eigenvalue weighted by molar-refractivity contribution is -0.172. The molecule has 1 aliphatic carbocycles. The van der Waals surface area contributed by atoms with Crippen LogP contribution in [0.4, 0.5) is 4.39 Å². The molecule has 1 aromatic carbocycles. The minimum atomic E-state index is -1.94. The number of aryl methyl sites for hydroxylation is 1. The topological polar surface area (TPSA) is 123 Å². The van der Waals surface area contributed by atoms with E-state index in [0.29, 0.717) is 35.3 Å². The molecule has 3 N–H and O–H groups in total.